The van der Waals surface area contributed by atoms with Crippen LogP contribution < -0.4 is 19.5 Å². The lowest BCUT2D eigenvalue weighted by Crippen LogP contribution is -2.15. The van der Waals surface area contributed by atoms with E-state index >= 15 is 0 Å². The molecule has 122 valence electrons. The predicted molar refractivity (Wildman–Crippen MR) is 89.7 cm³/mol. The zero-order chi connectivity index (χ0) is 16.7. The molecular formula is C17H18ClNO4. The van der Waals surface area contributed by atoms with Gasteiger partial charge in [-0.25, -0.2) is 0 Å². The van der Waals surface area contributed by atoms with Gasteiger partial charge in [-0.05, 0) is 36.4 Å². The van der Waals surface area contributed by atoms with Crippen molar-refractivity contribution in [3.63, 3.8) is 0 Å². The fourth-order valence-corrected chi connectivity index (χ4v) is 2.04. The van der Waals surface area contributed by atoms with Crippen molar-refractivity contribution in [2.45, 2.75) is 6.42 Å². The van der Waals surface area contributed by atoms with E-state index in [1.807, 2.05) is 0 Å². The maximum atomic E-state index is 11.9. The quantitative estimate of drug-likeness (QED) is 0.837. The van der Waals surface area contributed by atoms with Gasteiger partial charge in [-0.1, -0.05) is 11.6 Å². The number of carbonyl (C=O) groups excluding carboxylic acids is 1. The molecule has 0 saturated carbocycles. The van der Waals surface area contributed by atoms with Crippen molar-refractivity contribution in [2.75, 3.05) is 26.1 Å². The van der Waals surface area contributed by atoms with Gasteiger partial charge in [-0.3, -0.25) is 4.79 Å². The van der Waals surface area contributed by atoms with Crippen molar-refractivity contribution >= 4 is 23.2 Å². The number of amides is 1. The third-order valence-corrected chi connectivity index (χ3v) is 3.43. The predicted octanol–water partition coefficient (Wildman–Crippen LogP) is 3.76. The second-order valence-corrected chi connectivity index (χ2v) is 5.08. The molecule has 6 heteroatoms. The monoisotopic (exact) mass is 335 g/mol. The zero-order valence-electron chi connectivity index (χ0n) is 13.0. The summed E-state index contributed by atoms with van der Waals surface area (Å²) in [6.45, 7) is 0.264. The number of rotatable bonds is 7. The van der Waals surface area contributed by atoms with E-state index in [1.165, 1.54) is 0 Å². The fraction of sp³-hybridized carbons (Fsp3) is 0.235. The van der Waals surface area contributed by atoms with Crippen LogP contribution in [0.5, 0.6) is 17.2 Å². The lowest BCUT2D eigenvalue weighted by atomic mass is 10.3. The maximum absolute atomic E-state index is 11.9. The molecule has 0 aliphatic carbocycles. The fourth-order valence-electron chi connectivity index (χ4n) is 1.87. The van der Waals surface area contributed by atoms with Crippen molar-refractivity contribution < 1.29 is 19.0 Å². The number of nitrogens with one attached hydrogen (secondary N) is 1. The highest BCUT2D eigenvalue weighted by molar-refractivity contribution is 6.33. The molecule has 0 bridgehead atoms. The summed E-state index contributed by atoms with van der Waals surface area (Å²) in [6.07, 6.45) is 0.208. The van der Waals surface area contributed by atoms with Gasteiger partial charge in [0.05, 0.1) is 38.0 Å². The summed E-state index contributed by atoms with van der Waals surface area (Å²) in [4.78, 5) is 11.9. The van der Waals surface area contributed by atoms with Crippen molar-refractivity contribution in [1.29, 1.82) is 0 Å². The molecule has 0 fully saturated rings. The Morgan fingerprint density at radius 3 is 2.26 bits per heavy atom. The van der Waals surface area contributed by atoms with Crippen molar-refractivity contribution in [3.05, 3.63) is 47.5 Å². The minimum Gasteiger partial charge on any atom is -0.497 e. The van der Waals surface area contributed by atoms with Crippen LogP contribution in [0.4, 0.5) is 5.69 Å². The van der Waals surface area contributed by atoms with Gasteiger partial charge in [-0.2, -0.15) is 0 Å². The largest absolute Gasteiger partial charge is 0.497 e. The van der Waals surface area contributed by atoms with Gasteiger partial charge in [0.2, 0.25) is 5.91 Å². The summed E-state index contributed by atoms with van der Waals surface area (Å²) in [6, 6.07) is 12.2. The van der Waals surface area contributed by atoms with Crippen LogP contribution in [0.15, 0.2) is 42.5 Å². The van der Waals surface area contributed by atoms with Crippen molar-refractivity contribution in [1.82, 2.24) is 0 Å². The van der Waals surface area contributed by atoms with E-state index in [0.29, 0.717) is 22.2 Å². The standard InChI is InChI=1S/C17H18ClNO4/c1-21-12-3-5-13(6-4-12)23-10-9-17(20)19-16-11-14(22-2)7-8-15(16)18/h3-8,11H,9-10H2,1-2H3,(H,19,20). The van der Waals surface area contributed by atoms with Crippen molar-refractivity contribution in [2.24, 2.45) is 0 Å². The number of carbonyl (C=O) groups is 1. The maximum Gasteiger partial charge on any atom is 0.227 e. The molecule has 0 atom stereocenters. The van der Waals surface area contributed by atoms with Gasteiger partial charge >= 0.3 is 0 Å². The first kappa shape index (κ1) is 17.0. The molecule has 0 radical (unpaired) electrons. The van der Waals surface area contributed by atoms with Gasteiger partial charge in [0.1, 0.15) is 17.2 Å². The number of halogens is 1. The highest BCUT2D eigenvalue weighted by Crippen LogP contribution is 2.26. The Labute approximate surface area is 140 Å². The minimum absolute atomic E-state index is 0.186. The number of ether oxygens (including phenoxy) is 3. The number of methoxy groups -OCH3 is 2. The molecule has 0 unspecified atom stereocenters. The topological polar surface area (TPSA) is 56.8 Å². The van der Waals surface area contributed by atoms with E-state index < -0.39 is 0 Å². The molecular weight excluding hydrogens is 318 g/mol. The number of hydrogen-bond acceptors (Lipinski definition) is 4. The molecule has 0 aromatic heterocycles. The molecule has 2 rings (SSSR count). The molecule has 1 amide bonds. The molecule has 0 aliphatic heterocycles. The highest BCUT2D eigenvalue weighted by Gasteiger charge is 2.08. The van der Waals surface area contributed by atoms with Crippen LogP contribution in [0.1, 0.15) is 6.42 Å². The van der Waals surface area contributed by atoms with Crippen LogP contribution in [0.3, 0.4) is 0 Å². The van der Waals surface area contributed by atoms with Gasteiger partial charge in [0.15, 0.2) is 0 Å². The molecule has 2 aromatic carbocycles. The second-order valence-electron chi connectivity index (χ2n) is 4.67. The molecule has 5 nitrogen and oxygen atoms in total. The average Bonchev–Trinajstić information content (AvgIpc) is 2.57. The first-order chi connectivity index (χ1) is 11.1. The Hall–Kier alpha value is -2.40. The average molecular weight is 336 g/mol. The van der Waals surface area contributed by atoms with Gasteiger partial charge in [0, 0.05) is 6.07 Å². The summed E-state index contributed by atoms with van der Waals surface area (Å²) in [7, 11) is 3.15. The molecule has 0 heterocycles. The van der Waals surface area contributed by atoms with E-state index in [2.05, 4.69) is 5.32 Å². The smallest absolute Gasteiger partial charge is 0.227 e. The Bertz CT molecular complexity index is 658. The Balaban J connectivity index is 1.83. The lowest BCUT2D eigenvalue weighted by molar-refractivity contribution is -0.116. The van der Waals surface area contributed by atoms with Crippen LogP contribution in [0.2, 0.25) is 5.02 Å². The van der Waals surface area contributed by atoms with Crippen LogP contribution in [-0.4, -0.2) is 26.7 Å². The Kier molecular flexibility index (Phi) is 6.11. The molecule has 0 aliphatic rings. The Morgan fingerprint density at radius 1 is 1.00 bits per heavy atom. The normalized spacial score (nSPS) is 10.0. The van der Waals surface area contributed by atoms with Crippen LogP contribution in [0, 0.1) is 0 Å². The molecule has 0 spiro atoms. The van der Waals surface area contributed by atoms with Crippen LogP contribution >= 0.6 is 11.6 Å². The third kappa shape index (κ3) is 5.07. The summed E-state index contributed by atoms with van der Waals surface area (Å²) >= 11 is 6.04. The molecule has 23 heavy (non-hydrogen) atoms. The molecule has 0 saturated heterocycles. The van der Waals surface area contributed by atoms with E-state index in [-0.39, 0.29) is 18.9 Å². The number of hydrogen-bond donors (Lipinski definition) is 1. The summed E-state index contributed by atoms with van der Waals surface area (Å²) in [5.74, 6) is 1.87. The van der Waals surface area contributed by atoms with E-state index in [0.717, 1.165) is 5.75 Å². The third-order valence-electron chi connectivity index (χ3n) is 3.10. The first-order valence-corrected chi connectivity index (χ1v) is 7.40. The van der Waals surface area contributed by atoms with Gasteiger partial charge < -0.3 is 19.5 Å². The lowest BCUT2D eigenvalue weighted by Gasteiger charge is -2.10. The van der Waals surface area contributed by atoms with E-state index in [9.17, 15) is 4.79 Å². The van der Waals surface area contributed by atoms with E-state index in [4.69, 9.17) is 25.8 Å². The van der Waals surface area contributed by atoms with Gasteiger partial charge in [-0.15, -0.1) is 0 Å². The summed E-state index contributed by atoms with van der Waals surface area (Å²) in [5, 5.41) is 3.19. The first-order valence-electron chi connectivity index (χ1n) is 7.02. The summed E-state index contributed by atoms with van der Waals surface area (Å²) in [5.41, 5.74) is 0.514. The second kappa shape index (κ2) is 8.29. The number of benzene rings is 2. The minimum atomic E-state index is -0.186. The number of anilines is 1. The SMILES string of the molecule is COc1ccc(OCCC(=O)Nc2cc(OC)ccc2Cl)cc1. The van der Waals surface area contributed by atoms with Crippen LogP contribution in [0.25, 0.3) is 0 Å². The van der Waals surface area contributed by atoms with Crippen LogP contribution in [-0.2, 0) is 4.79 Å². The highest BCUT2D eigenvalue weighted by atomic mass is 35.5. The Morgan fingerprint density at radius 2 is 1.61 bits per heavy atom. The van der Waals surface area contributed by atoms with Gasteiger partial charge in [0.25, 0.3) is 0 Å². The summed E-state index contributed by atoms with van der Waals surface area (Å²) < 4.78 is 15.7. The molecule has 2 aromatic rings. The zero-order valence-corrected chi connectivity index (χ0v) is 13.7. The van der Waals surface area contributed by atoms with Crippen molar-refractivity contribution in [3.8, 4) is 17.2 Å². The molecule has 1 N–H and O–H groups in total. The van der Waals surface area contributed by atoms with E-state index in [1.54, 1.807) is 56.7 Å².